The van der Waals surface area contributed by atoms with Crippen LogP contribution in [-0.2, 0) is 9.40 Å². The van der Waals surface area contributed by atoms with Gasteiger partial charge in [0.05, 0.1) is 7.11 Å². The van der Waals surface area contributed by atoms with E-state index in [0.717, 1.165) is 0 Å². The zero-order valence-electron chi connectivity index (χ0n) is 8.90. The number of hydrogen-bond acceptors (Lipinski definition) is 4. The maximum absolute atomic E-state index is 11.8. The standard InChI is InChI=1S/C10H16NO3P/c1-3-10(11-13-2)15(12)14-9-7-5-4-6-8-9/h4-8,10-11,15H,3H2,1-2H3. The summed E-state index contributed by atoms with van der Waals surface area (Å²) in [5.41, 5.74) is 2.66. The zero-order valence-corrected chi connectivity index (χ0v) is 9.90. The quantitative estimate of drug-likeness (QED) is 0.601. The van der Waals surface area contributed by atoms with E-state index in [1.807, 2.05) is 25.1 Å². The molecular weight excluding hydrogens is 213 g/mol. The Morgan fingerprint density at radius 2 is 2.07 bits per heavy atom. The molecule has 0 fully saturated rings. The molecule has 0 heterocycles. The van der Waals surface area contributed by atoms with Crippen molar-refractivity contribution in [1.82, 2.24) is 5.48 Å². The summed E-state index contributed by atoms with van der Waals surface area (Å²) in [5, 5.41) is 0. The van der Waals surface area contributed by atoms with Gasteiger partial charge in [0.1, 0.15) is 11.5 Å². The molecule has 5 heteroatoms. The maximum atomic E-state index is 11.8. The number of hydrogen-bond donors (Lipinski definition) is 1. The summed E-state index contributed by atoms with van der Waals surface area (Å²) >= 11 is 0. The smallest absolute Gasteiger partial charge is 0.255 e. The highest BCUT2D eigenvalue weighted by atomic mass is 31.1. The molecule has 2 atom stereocenters. The lowest BCUT2D eigenvalue weighted by Crippen LogP contribution is -2.24. The molecule has 0 aliphatic rings. The number of rotatable bonds is 6. The molecule has 0 saturated carbocycles. The van der Waals surface area contributed by atoms with E-state index in [9.17, 15) is 4.57 Å². The predicted molar refractivity (Wildman–Crippen MR) is 60.3 cm³/mol. The normalized spacial score (nSPS) is 14.5. The fourth-order valence-corrected chi connectivity index (χ4v) is 2.17. The molecule has 1 N–H and O–H groups in total. The maximum Gasteiger partial charge on any atom is 0.255 e. The number of hydroxylamine groups is 1. The molecule has 1 aromatic carbocycles. The van der Waals surface area contributed by atoms with Crippen LogP contribution in [0.15, 0.2) is 30.3 Å². The molecule has 0 bridgehead atoms. The van der Waals surface area contributed by atoms with Crippen LogP contribution in [0.1, 0.15) is 13.3 Å². The van der Waals surface area contributed by atoms with Crippen LogP contribution < -0.4 is 10.0 Å². The van der Waals surface area contributed by atoms with Crippen molar-refractivity contribution in [3.05, 3.63) is 30.3 Å². The molecular formula is C10H16NO3P. The van der Waals surface area contributed by atoms with Crippen LogP contribution in [0.25, 0.3) is 0 Å². The summed E-state index contributed by atoms with van der Waals surface area (Å²) in [5.74, 6) is 0.373. The van der Waals surface area contributed by atoms with Gasteiger partial charge in [0.25, 0.3) is 8.03 Å². The van der Waals surface area contributed by atoms with Crippen molar-refractivity contribution >= 4 is 8.03 Å². The second-order valence-corrected chi connectivity index (χ2v) is 4.56. The fourth-order valence-electron chi connectivity index (χ4n) is 1.12. The third-order valence-electron chi connectivity index (χ3n) is 1.91. The average Bonchev–Trinajstić information content (AvgIpc) is 2.27. The van der Waals surface area contributed by atoms with E-state index in [2.05, 4.69) is 5.48 Å². The van der Waals surface area contributed by atoms with Crippen molar-refractivity contribution in [2.24, 2.45) is 0 Å². The molecule has 0 spiro atoms. The van der Waals surface area contributed by atoms with Gasteiger partial charge in [-0.2, -0.15) is 5.48 Å². The SMILES string of the molecule is CCC(NOC)[PH](=O)Oc1ccccc1. The first-order chi connectivity index (χ1) is 7.27. The zero-order chi connectivity index (χ0) is 11.1. The van der Waals surface area contributed by atoms with E-state index in [-0.39, 0.29) is 5.78 Å². The van der Waals surface area contributed by atoms with Crippen molar-refractivity contribution in [3.8, 4) is 5.75 Å². The van der Waals surface area contributed by atoms with Gasteiger partial charge in [0, 0.05) is 0 Å². The van der Waals surface area contributed by atoms with Gasteiger partial charge in [-0.25, -0.2) is 0 Å². The molecule has 0 aliphatic heterocycles. The summed E-state index contributed by atoms with van der Waals surface area (Å²) in [4.78, 5) is 4.75. The van der Waals surface area contributed by atoms with Crippen LogP contribution >= 0.6 is 8.03 Å². The van der Waals surface area contributed by atoms with E-state index < -0.39 is 8.03 Å². The minimum atomic E-state index is -2.18. The molecule has 15 heavy (non-hydrogen) atoms. The lowest BCUT2D eigenvalue weighted by atomic mass is 10.3. The first-order valence-electron chi connectivity index (χ1n) is 4.83. The number of nitrogens with one attached hydrogen (secondary N) is 1. The Bertz CT molecular complexity index is 305. The highest BCUT2D eigenvalue weighted by molar-refractivity contribution is 7.40. The first-order valence-corrected chi connectivity index (χ1v) is 6.22. The van der Waals surface area contributed by atoms with Crippen LogP contribution in [0.4, 0.5) is 0 Å². The second-order valence-electron chi connectivity index (χ2n) is 3.02. The summed E-state index contributed by atoms with van der Waals surface area (Å²) < 4.78 is 17.1. The molecule has 4 nitrogen and oxygen atoms in total. The van der Waals surface area contributed by atoms with Crippen LogP contribution in [0.3, 0.4) is 0 Å². The van der Waals surface area contributed by atoms with Gasteiger partial charge < -0.3 is 9.36 Å². The van der Waals surface area contributed by atoms with Crippen LogP contribution in [0, 0.1) is 0 Å². The highest BCUT2D eigenvalue weighted by Crippen LogP contribution is 2.31. The van der Waals surface area contributed by atoms with Crippen LogP contribution in [0.2, 0.25) is 0 Å². The summed E-state index contributed by atoms with van der Waals surface area (Å²) in [6.45, 7) is 1.92. The van der Waals surface area contributed by atoms with Crippen LogP contribution in [-0.4, -0.2) is 12.9 Å². The molecule has 0 radical (unpaired) electrons. The summed E-state index contributed by atoms with van der Waals surface area (Å²) in [7, 11) is -0.680. The molecule has 1 rings (SSSR count). The molecule has 0 saturated heterocycles. The van der Waals surface area contributed by atoms with Gasteiger partial charge in [-0.3, -0.25) is 4.57 Å². The Balaban J connectivity index is 2.54. The van der Waals surface area contributed by atoms with Crippen molar-refractivity contribution in [1.29, 1.82) is 0 Å². The molecule has 2 unspecified atom stereocenters. The van der Waals surface area contributed by atoms with Crippen molar-refractivity contribution < 1.29 is 13.9 Å². The van der Waals surface area contributed by atoms with Crippen molar-refractivity contribution in [3.63, 3.8) is 0 Å². The van der Waals surface area contributed by atoms with Crippen LogP contribution in [0.5, 0.6) is 5.75 Å². The Labute approximate surface area is 90.4 Å². The topological polar surface area (TPSA) is 47.6 Å². The molecule has 0 aliphatic carbocycles. The molecule has 1 aromatic rings. The third-order valence-corrected chi connectivity index (χ3v) is 3.45. The molecule has 0 amide bonds. The third kappa shape index (κ3) is 4.04. The Morgan fingerprint density at radius 3 is 2.60 bits per heavy atom. The van der Waals surface area contributed by atoms with E-state index in [1.165, 1.54) is 7.11 Å². The monoisotopic (exact) mass is 229 g/mol. The van der Waals surface area contributed by atoms with E-state index in [0.29, 0.717) is 12.2 Å². The van der Waals surface area contributed by atoms with E-state index >= 15 is 0 Å². The average molecular weight is 229 g/mol. The Kier molecular flexibility index (Phi) is 5.40. The van der Waals surface area contributed by atoms with Gasteiger partial charge in [-0.1, -0.05) is 25.1 Å². The molecule has 84 valence electrons. The van der Waals surface area contributed by atoms with Gasteiger partial charge >= 0.3 is 0 Å². The highest BCUT2D eigenvalue weighted by Gasteiger charge is 2.15. The minimum Gasteiger partial charge on any atom is -0.444 e. The van der Waals surface area contributed by atoms with Gasteiger partial charge in [-0.05, 0) is 18.6 Å². The first kappa shape index (κ1) is 12.2. The predicted octanol–water partition coefficient (Wildman–Crippen LogP) is 2.43. The fraction of sp³-hybridized carbons (Fsp3) is 0.400. The number of benzene rings is 1. The Morgan fingerprint density at radius 1 is 1.40 bits per heavy atom. The van der Waals surface area contributed by atoms with Crippen molar-refractivity contribution in [2.75, 3.05) is 7.11 Å². The van der Waals surface area contributed by atoms with E-state index in [1.54, 1.807) is 12.1 Å². The van der Waals surface area contributed by atoms with Gasteiger partial charge in [-0.15, -0.1) is 0 Å². The Hall–Kier alpha value is -0.830. The minimum absolute atomic E-state index is 0.250. The summed E-state index contributed by atoms with van der Waals surface area (Å²) in [6, 6.07) is 9.13. The lowest BCUT2D eigenvalue weighted by Gasteiger charge is -2.15. The molecule has 0 aromatic heterocycles. The second kappa shape index (κ2) is 6.62. The van der Waals surface area contributed by atoms with Gasteiger partial charge in [0.15, 0.2) is 0 Å². The number of para-hydroxylation sites is 1. The summed E-state index contributed by atoms with van der Waals surface area (Å²) in [6.07, 6.45) is 0.693. The van der Waals surface area contributed by atoms with Gasteiger partial charge in [0.2, 0.25) is 0 Å². The lowest BCUT2D eigenvalue weighted by molar-refractivity contribution is 0.0791. The van der Waals surface area contributed by atoms with Crippen molar-refractivity contribution in [2.45, 2.75) is 19.1 Å². The largest absolute Gasteiger partial charge is 0.444 e. The van der Waals surface area contributed by atoms with E-state index in [4.69, 9.17) is 9.36 Å².